The van der Waals surface area contributed by atoms with Gasteiger partial charge >= 0.3 is 11.7 Å². The molecule has 6 heteroatoms. The number of pyridine rings is 1. The predicted octanol–water partition coefficient (Wildman–Crippen LogP) is 2.06. The van der Waals surface area contributed by atoms with Crippen LogP contribution in [0.4, 0.5) is 0 Å². The van der Waals surface area contributed by atoms with Gasteiger partial charge < -0.3 is 15.3 Å². The molecule has 1 aromatic carbocycles. The molecule has 0 aliphatic heterocycles. The topological polar surface area (TPSA) is 82.3 Å². The van der Waals surface area contributed by atoms with Crippen molar-refractivity contribution in [3.05, 3.63) is 70.7 Å². The number of rotatable bonds is 4. The minimum atomic E-state index is -0.984. The van der Waals surface area contributed by atoms with E-state index < -0.39 is 12.1 Å². The summed E-state index contributed by atoms with van der Waals surface area (Å²) in [6.45, 7) is 1.50. The molecular formula is C19H20N2O4. The molecule has 0 bridgehead atoms. The standard InChI is InChI=1S/C19H20N2O4/c1-13(25-19(23)17-11-4-5-12-21(17)24)18(22)20-16-10-6-8-14-7-2-3-9-15(14)16/h2-5,7,9,11-13,16H,6,8,10H2,1H3,(H,20,22)/t13-,16+/m1/s1. The molecule has 1 heterocycles. The zero-order chi connectivity index (χ0) is 17.8. The van der Waals surface area contributed by atoms with Gasteiger partial charge in [0.25, 0.3) is 5.91 Å². The van der Waals surface area contributed by atoms with Crippen molar-refractivity contribution in [1.29, 1.82) is 0 Å². The van der Waals surface area contributed by atoms with Gasteiger partial charge in [-0.3, -0.25) is 4.79 Å². The van der Waals surface area contributed by atoms with E-state index in [1.807, 2.05) is 18.2 Å². The molecule has 0 fully saturated rings. The highest BCUT2D eigenvalue weighted by molar-refractivity contribution is 5.89. The van der Waals surface area contributed by atoms with E-state index >= 15 is 0 Å². The number of ether oxygens (including phenoxy) is 1. The summed E-state index contributed by atoms with van der Waals surface area (Å²) >= 11 is 0. The van der Waals surface area contributed by atoms with E-state index in [1.54, 1.807) is 6.07 Å². The van der Waals surface area contributed by atoms with Gasteiger partial charge in [-0.05, 0) is 43.4 Å². The van der Waals surface area contributed by atoms with Crippen molar-refractivity contribution in [1.82, 2.24) is 5.32 Å². The average Bonchev–Trinajstić information content (AvgIpc) is 2.62. The van der Waals surface area contributed by atoms with Gasteiger partial charge in [-0.1, -0.05) is 24.3 Å². The summed E-state index contributed by atoms with van der Waals surface area (Å²) in [5.74, 6) is -1.19. The Morgan fingerprint density at radius 2 is 2.00 bits per heavy atom. The largest absolute Gasteiger partial charge is 0.618 e. The Labute approximate surface area is 146 Å². The lowest BCUT2D eigenvalue weighted by atomic mass is 9.87. The van der Waals surface area contributed by atoms with Crippen molar-refractivity contribution >= 4 is 11.9 Å². The first kappa shape index (κ1) is 17.0. The lowest BCUT2D eigenvalue weighted by Crippen LogP contribution is -2.41. The Balaban J connectivity index is 1.64. The van der Waals surface area contributed by atoms with Gasteiger partial charge in [0.1, 0.15) is 0 Å². The number of benzene rings is 1. The summed E-state index contributed by atoms with van der Waals surface area (Å²) in [6, 6.07) is 12.4. The molecular weight excluding hydrogens is 320 g/mol. The van der Waals surface area contributed by atoms with Crippen LogP contribution in [0, 0.1) is 5.21 Å². The van der Waals surface area contributed by atoms with Gasteiger partial charge in [-0.2, -0.15) is 4.73 Å². The van der Waals surface area contributed by atoms with Gasteiger partial charge in [0, 0.05) is 12.1 Å². The number of aryl methyl sites for hydroxylation is 1. The summed E-state index contributed by atoms with van der Waals surface area (Å²) in [7, 11) is 0. The highest BCUT2D eigenvalue weighted by Crippen LogP contribution is 2.29. The van der Waals surface area contributed by atoms with Crippen LogP contribution >= 0.6 is 0 Å². The summed E-state index contributed by atoms with van der Waals surface area (Å²) in [5, 5.41) is 14.5. The number of carbonyl (C=O) groups is 2. The molecule has 0 saturated heterocycles. The number of carbonyl (C=O) groups excluding carboxylic acids is 2. The van der Waals surface area contributed by atoms with Crippen LogP contribution in [0.5, 0.6) is 0 Å². The average molecular weight is 340 g/mol. The maximum absolute atomic E-state index is 12.4. The molecule has 2 atom stereocenters. The van der Waals surface area contributed by atoms with Crippen LogP contribution in [-0.4, -0.2) is 18.0 Å². The van der Waals surface area contributed by atoms with Crippen LogP contribution in [0.2, 0.25) is 0 Å². The second kappa shape index (κ2) is 7.34. The smallest absolute Gasteiger partial charge is 0.405 e. The van der Waals surface area contributed by atoms with E-state index in [9.17, 15) is 14.8 Å². The van der Waals surface area contributed by atoms with Crippen molar-refractivity contribution in [3.8, 4) is 0 Å². The number of nitrogens with one attached hydrogen (secondary N) is 1. The molecule has 1 aliphatic rings. The van der Waals surface area contributed by atoms with E-state index in [0.717, 1.165) is 24.8 Å². The Hall–Kier alpha value is -2.89. The summed E-state index contributed by atoms with van der Waals surface area (Å²) in [5.41, 5.74) is 2.20. The van der Waals surface area contributed by atoms with Gasteiger partial charge in [0.05, 0.1) is 6.04 Å². The Morgan fingerprint density at radius 1 is 1.24 bits per heavy atom. The molecule has 1 aromatic heterocycles. The van der Waals surface area contributed by atoms with Crippen LogP contribution in [0.25, 0.3) is 0 Å². The quantitative estimate of drug-likeness (QED) is 0.525. The molecule has 1 amide bonds. The molecule has 6 nitrogen and oxygen atoms in total. The van der Waals surface area contributed by atoms with Crippen molar-refractivity contribution in [2.24, 2.45) is 0 Å². The molecule has 2 aromatic rings. The fourth-order valence-electron chi connectivity index (χ4n) is 3.05. The zero-order valence-corrected chi connectivity index (χ0v) is 14.0. The van der Waals surface area contributed by atoms with Crippen LogP contribution in [0.1, 0.15) is 47.4 Å². The maximum Gasteiger partial charge on any atom is 0.405 e. The van der Waals surface area contributed by atoms with E-state index in [4.69, 9.17) is 4.74 Å². The Kier molecular flexibility index (Phi) is 4.97. The SMILES string of the molecule is C[C@@H](OC(=O)c1cccc[n+]1[O-])C(=O)N[C@H]1CCCc2ccccc21. The second-order valence-corrected chi connectivity index (χ2v) is 6.11. The van der Waals surface area contributed by atoms with Gasteiger partial charge in [-0.15, -0.1) is 0 Å². The molecule has 1 aliphatic carbocycles. The van der Waals surface area contributed by atoms with Crippen LogP contribution in [-0.2, 0) is 16.0 Å². The minimum absolute atomic E-state index is 0.0835. The lowest BCUT2D eigenvalue weighted by Gasteiger charge is -2.27. The summed E-state index contributed by atoms with van der Waals surface area (Å²) in [6.07, 6.45) is 3.07. The summed E-state index contributed by atoms with van der Waals surface area (Å²) < 4.78 is 5.56. The number of amides is 1. The second-order valence-electron chi connectivity index (χ2n) is 6.11. The van der Waals surface area contributed by atoms with Crippen LogP contribution < -0.4 is 10.0 Å². The van der Waals surface area contributed by atoms with Gasteiger partial charge in [0.2, 0.25) is 0 Å². The highest BCUT2D eigenvalue weighted by atomic mass is 16.6. The fraction of sp³-hybridized carbons (Fsp3) is 0.316. The van der Waals surface area contributed by atoms with Gasteiger partial charge in [-0.25, -0.2) is 4.79 Å². The number of esters is 1. The lowest BCUT2D eigenvalue weighted by molar-refractivity contribution is -0.608. The van der Waals surface area contributed by atoms with E-state index in [1.165, 1.54) is 30.8 Å². The first-order valence-corrected chi connectivity index (χ1v) is 8.33. The molecule has 0 spiro atoms. The molecule has 25 heavy (non-hydrogen) atoms. The monoisotopic (exact) mass is 340 g/mol. The third kappa shape index (κ3) is 3.79. The number of nitrogens with zero attached hydrogens (tertiary/aromatic N) is 1. The maximum atomic E-state index is 12.4. The zero-order valence-electron chi connectivity index (χ0n) is 14.0. The number of fused-ring (bicyclic) bond motifs is 1. The van der Waals surface area contributed by atoms with E-state index in [-0.39, 0.29) is 17.6 Å². The highest BCUT2D eigenvalue weighted by Gasteiger charge is 2.27. The number of aromatic nitrogens is 1. The third-order valence-electron chi connectivity index (χ3n) is 4.37. The van der Waals surface area contributed by atoms with Crippen molar-refractivity contribution in [3.63, 3.8) is 0 Å². The molecule has 0 unspecified atom stereocenters. The first-order valence-electron chi connectivity index (χ1n) is 8.33. The first-order chi connectivity index (χ1) is 12.1. The number of hydrogen-bond donors (Lipinski definition) is 1. The van der Waals surface area contributed by atoms with E-state index in [2.05, 4.69) is 11.4 Å². The fourth-order valence-corrected chi connectivity index (χ4v) is 3.05. The molecule has 0 saturated carbocycles. The van der Waals surface area contributed by atoms with Crippen molar-refractivity contribution in [2.45, 2.75) is 38.3 Å². The molecule has 3 rings (SSSR count). The van der Waals surface area contributed by atoms with Crippen LogP contribution in [0.15, 0.2) is 48.7 Å². The third-order valence-corrected chi connectivity index (χ3v) is 4.37. The van der Waals surface area contributed by atoms with E-state index in [0.29, 0.717) is 4.73 Å². The predicted molar refractivity (Wildman–Crippen MR) is 90.5 cm³/mol. The van der Waals surface area contributed by atoms with Crippen molar-refractivity contribution in [2.75, 3.05) is 0 Å². The normalized spacial score (nSPS) is 17.2. The Bertz CT molecular complexity index is 790. The summed E-state index contributed by atoms with van der Waals surface area (Å²) in [4.78, 5) is 24.4. The molecule has 130 valence electrons. The Morgan fingerprint density at radius 3 is 2.80 bits per heavy atom. The van der Waals surface area contributed by atoms with Crippen molar-refractivity contribution < 1.29 is 19.1 Å². The minimum Gasteiger partial charge on any atom is -0.618 e. The molecule has 0 radical (unpaired) electrons. The van der Waals surface area contributed by atoms with Gasteiger partial charge in [0.15, 0.2) is 12.3 Å². The molecule has 1 N–H and O–H groups in total. The van der Waals surface area contributed by atoms with Crippen LogP contribution in [0.3, 0.4) is 0 Å². The number of hydrogen-bond acceptors (Lipinski definition) is 4.